The van der Waals surface area contributed by atoms with Gasteiger partial charge in [0, 0.05) is 12.8 Å². The Balaban J connectivity index is 2.83. The van der Waals surface area contributed by atoms with Crippen molar-refractivity contribution in [3.63, 3.8) is 0 Å². The summed E-state index contributed by atoms with van der Waals surface area (Å²) < 4.78 is 12.2. The largest absolute Gasteiger partial charge is 0.511 e. The molecular weight excluding hydrogens is 143 g/mol. The quantitative estimate of drug-likeness (QED) is 0.560. The van der Waals surface area contributed by atoms with E-state index < -0.39 is 0 Å². The van der Waals surface area contributed by atoms with Gasteiger partial charge in [-0.3, -0.25) is 0 Å². The molecule has 3 heteroatoms. The molecule has 1 nitrogen and oxygen atoms in total. The van der Waals surface area contributed by atoms with E-state index in [0.717, 1.165) is 6.08 Å². The highest BCUT2D eigenvalue weighted by molar-refractivity contribution is 6.31. The molecule has 50 valence electrons. The van der Waals surface area contributed by atoms with Crippen molar-refractivity contribution < 1.29 is 9.50 Å². The molecule has 1 rings (SSSR count). The van der Waals surface area contributed by atoms with Crippen molar-refractivity contribution >= 4 is 11.6 Å². The lowest BCUT2D eigenvalue weighted by molar-refractivity contribution is 0.375. The van der Waals surface area contributed by atoms with Crippen LogP contribution in [0.1, 0.15) is 12.8 Å². The molecule has 0 aromatic carbocycles. The Hall–Kier alpha value is -0.500. The number of halogens is 2. The van der Waals surface area contributed by atoms with Crippen LogP contribution >= 0.6 is 11.6 Å². The van der Waals surface area contributed by atoms with Crippen LogP contribution in [0.15, 0.2) is 22.7 Å². The normalized spacial score (nSPS) is 20.0. The molecule has 0 unspecified atom stereocenters. The van der Waals surface area contributed by atoms with Gasteiger partial charge < -0.3 is 5.11 Å². The predicted octanol–water partition coefficient (Wildman–Crippen LogP) is 2.64. The van der Waals surface area contributed by atoms with Crippen molar-refractivity contribution in [1.82, 2.24) is 0 Å². The van der Waals surface area contributed by atoms with Gasteiger partial charge in [-0.2, -0.15) is 0 Å². The van der Waals surface area contributed by atoms with Crippen LogP contribution in [-0.2, 0) is 0 Å². The zero-order valence-corrected chi connectivity index (χ0v) is 5.45. The second kappa shape index (κ2) is 2.40. The average molecular weight is 149 g/mol. The Kier molecular flexibility index (Phi) is 1.76. The van der Waals surface area contributed by atoms with Crippen LogP contribution in [0.4, 0.5) is 4.39 Å². The molecule has 1 aliphatic carbocycles. The summed E-state index contributed by atoms with van der Waals surface area (Å²) in [5.41, 5.74) is 0. The van der Waals surface area contributed by atoms with Gasteiger partial charge in [0.1, 0.15) is 11.6 Å². The molecule has 0 saturated heterocycles. The lowest BCUT2D eigenvalue weighted by Crippen LogP contribution is -1.91. The fourth-order valence-electron chi connectivity index (χ4n) is 0.650. The summed E-state index contributed by atoms with van der Waals surface area (Å²) in [7, 11) is 0. The highest BCUT2D eigenvalue weighted by atomic mass is 35.5. The molecule has 9 heavy (non-hydrogen) atoms. The smallest absolute Gasteiger partial charge is 0.111 e. The first-order valence-electron chi connectivity index (χ1n) is 2.64. The summed E-state index contributed by atoms with van der Waals surface area (Å²) in [5, 5.41) is 8.96. The summed E-state index contributed by atoms with van der Waals surface area (Å²) in [5.74, 6) is -0.184. The minimum atomic E-state index is -0.266. The summed E-state index contributed by atoms with van der Waals surface area (Å²) in [6, 6.07) is 0. The molecule has 0 aromatic heterocycles. The molecule has 0 atom stereocenters. The topological polar surface area (TPSA) is 20.2 Å². The zero-order chi connectivity index (χ0) is 6.85. The van der Waals surface area contributed by atoms with Crippen molar-refractivity contribution in [3.05, 3.63) is 22.7 Å². The van der Waals surface area contributed by atoms with Gasteiger partial charge in [-0.15, -0.1) is 0 Å². The summed E-state index contributed by atoms with van der Waals surface area (Å²) in [6.07, 6.45) is 1.73. The molecule has 1 N–H and O–H groups in total. The van der Waals surface area contributed by atoms with Crippen LogP contribution in [0.3, 0.4) is 0 Å². The third kappa shape index (κ3) is 1.45. The first-order chi connectivity index (χ1) is 4.20. The van der Waals surface area contributed by atoms with Crippen molar-refractivity contribution in [3.8, 4) is 0 Å². The number of hydrogen-bond acceptors (Lipinski definition) is 1. The molecule has 1 aliphatic rings. The lowest BCUT2D eigenvalue weighted by atomic mass is 10.1. The molecule has 0 spiro atoms. The van der Waals surface area contributed by atoms with E-state index >= 15 is 0 Å². The minimum absolute atomic E-state index is 0.0815. The van der Waals surface area contributed by atoms with Gasteiger partial charge in [-0.1, -0.05) is 11.6 Å². The minimum Gasteiger partial charge on any atom is -0.511 e. The fraction of sp³-hybridized carbons (Fsp3) is 0.333. The number of aliphatic hydroxyl groups excluding tert-OH is 1. The van der Waals surface area contributed by atoms with E-state index in [9.17, 15) is 4.39 Å². The van der Waals surface area contributed by atoms with Crippen LogP contribution in [0.5, 0.6) is 0 Å². The van der Waals surface area contributed by atoms with E-state index in [1.165, 1.54) is 0 Å². The van der Waals surface area contributed by atoms with Crippen molar-refractivity contribution in [2.75, 3.05) is 0 Å². The maximum absolute atomic E-state index is 12.2. The standard InChI is InChI=1S/C6H6ClFO/c7-5-3-4(8)1-2-6(5)9/h3,9H,1-2H2. The van der Waals surface area contributed by atoms with E-state index in [1.807, 2.05) is 0 Å². The Morgan fingerprint density at radius 3 is 2.67 bits per heavy atom. The van der Waals surface area contributed by atoms with Crippen molar-refractivity contribution in [2.24, 2.45) is 0 Å². The van der Waals surface area contributed by atoms with Crippen LogP contribution in [0.25, 0.3) is 0 Å². The van der Waals surface area contributed by atoms with Crippen LogP contribution in [-0.4, -0.2) is 5.11 Å². The first-order valence-corrected chi connectivity index (χ1v) is 3.01. The maximum atomic E-state index is 12.2. The first kappa shape index (κ1) is 6.62. The summed E-state index contributed by atoms with van der Waals surface area (Å²) >= 11 is 5.38. The molecule has 0 saturated carbocycles. The number of allylic oxidation sites excluding steroid dienone is 4. The van der Waals surface area contributed by atoms with Gasteiger partial charge in [0.25, 0.3) is 0 Å². The summed E-state index contributed by atoms with van der Waals surface area (Å²) in [6.45, 7) is 0. The van der Waals surface area contributed by atoms with Gasteiger partial charge in [-0.05, 0) is 6.08 Å². The van der Waals surface area contributed by atoms with Crippen LogP contribution in [0.2, 0.25) is 0 Å². The van der Waals surface area contributed by atoms with E-state index in [1.54, 1.807) is 0 Å². The highest BCUT2D eigenvalue weighted by Crippen LogP contribution is 2.24. The Bertz CT molecular complexity index is 183. The van der Waals surface area contributed by atoms with Gasteiger partial charge in [-0.25, -0.2) is 4.39 Å². The van der Waals surface area contributed by atoms with Gasteiger partial charge in [0.2, 0.25) is 0 Å². The van der Waals surface area contributed by atoms with Gasteiger partial charge in [0.15, 0.2) is 0 Å². The second-order valence-corrected chi connectivity index (χ2v) is 2.29. The van der Waals surface area contributed by atoms with E-state index in [4.69, 9.17) is 16.7 Å². The van der Waals surface area contributed by atoms with Crippen LogP contribution in [0, 0.1) is 0 Å². The number of aliphatic hydroxyl groups is 1. The molecule has 0 radical (unpaired) electrons. The molecule has 0 fully saturated rings. The zero-order valence-electron chi connectivity index (χ0n) is 4.69. The number of rotatable bonds is 0. The SMILES string of the molecule is OC1=C(Cl)C=C(F)CC1. The predicted molar refractivity (Wildman–Crippen MR) is 33.9 cm³/mol. The third-order valence-corrected chi connectivity index (χ3v) is 1.49. The number of hydrogen-bond donors (Lipinski definition) is 1. The third-order valence-electron chi connectivity index (χ3n) is 1.16. The summed E-state index contributed by atoms with van der Waals surface area (Å²) in [4.78, 5) is 0. The van der Waals surface area contributed by atoms with Crippen molar-refractivity contribution in [2.45, 2.75) is 12.8 Å². The monoisotopic (exact) mass is 148 g/mol. The van der Waals surface area contributed by atoms with E-state index in [2.05, 4.69) is 0 Å². The molecule has 0 aliphatic heterocycles. The van der Waals surface area contributed by atoms with E-state index in [-0.39, 0.29) is 23.0 Å². The lowest BCUT2D eigenvalue weighted by Gasteiger charge is -2.05. The molecule has 0 aromatic rings. The Labute approximate surface area is 57.4 Å². The maximum Gasteiger partial charge on any atom is 0.111 e. The average Bonchev–Trinajstić information content (AvgIpc) is 1.80. The molecule has 0 amide bonds. The molecule has 0 heterocycles. The molecule has 0 bridgehead atoms. The second-order valence-electron chi connectivity index (χ2n) is 1.89. The Morgan fingerprint density at radius 1 is 1.56 bits per heavy atom. The van der Waals surface area contributed by atoms with Gasteiger partial charge in [0.05, 0.1) is 5.03 Å². The molecular formula is C6H6ClFO. The van der Waals surface area contributed by atoms with Gasteiger partial charge >= 0.3 is 0 Å². The van der Waals surface area contributed by atoms with Crippen LogP contribution < -0.4 is 0 Å². The highest BCUT2D eigenvalue weighted by Gasteiger charge is 2.09. The van der Waals surface area contributed by atoms with E-state index in [0.29, 0.717) is 6.42 Å². The Morgan fingerprint density at radius 2 is 2.22 bits per heavy atom. The fourth-order valence-corrected chi connectivity index (χ4v) is 0.863. The van der Waals surface area contributed by atoms with Crippen molar-refractivity contribution in [1.29, 1.82) is 0 Å².